The van der Waals surface area contributed by atoms with Crippen molar-refractivity contribution in [3.63, 3.8) is 0 Å². The third-order valence-electron chi connectivity index (χ3n) is 0.796. The van der Waals surface area contributed by atoms with E-state index in [2.05, 4.69) is 4.52 Å². The fraction of sp³-hybridized carbons (Fsp3) is 1.00. The predicted octanol–water partition coefficient (Wildman–Crippen LogP) is 2.18. The Labute approximate surface area is 60.1 Å². The summed E-state index contributed by atoms with van der Waals surface area (Å²) < 4.78 is 31.9. The maximum atomic E-state index is 11.9. The first-order valence-electron chi connectivity index (χ1n) is 2.93. The van der Waals surface area contributed by atoms with Gasteiger partial charge in [-0.2, -0.15) is 0 Å². The molecule has 0 aromatic heterocycles. The summed E-state index contributed by atoms with van der Waals surface area (Å²) in [6, 6.07) is 0. The molecule has 0 aliphatic rings. The second-order valence-corrected chi connectivity index (χ2v) is 4.10. The summed E-state index contributed by atoms with van der Waals surface area (Å²) in [4.78, 5) is 0. The highest BCUT2D eigenvalue weighted by Gasteiger charge is 2.23. The Morgan fingerprint density at radius 1 is 1.60 bits per heavy atom. The molecule has 10 heavy (non-hydrogen) atoms. The fourth-order valence-corrected chi connectivity index (χ4v) is 1.32. The smallest absolute Gasteiger partial charge is 0.310 e. The molecule has 62 valence electrons. The van der Waals surface area contributed by atoms with Crippen LogP contribution >= 0.6 is 7.60 Å². The molecule has 3 nitrogen and oxygen atoms in total. The van der Waals surface area contributed by atoms with Crippen molar-refractivity contribution in [2.75, 3.05) is 13.5 Å². The van der Waals surface area contributed by atoms with Gasteiger partial charge in [0.15, 0.2) is 6.42 Å². The summed E-state index contributed by atoms with van der Waals surface area (Å²) in [7, 11) is -2.23. The molecule has 0 saturated carbocycles. The standard InChI is InChI=1S/C5H12FO3P/c1-5(2)9-10(7,4-6)8-3/h5H,4H2,1-3H3. The minimum Gasteiger partial charge on any atom is -0.310 e. The second kappa shape index (κ2) is 4.06. The highest BCUT2D eigenvalue weighted by Crippen LogP contribution is 2.48. The van der Waals surface area contributed by atoms with E-state index in [9.17, 15) is 8.96 Å². The van der Waals surface area contributed by atoms with Crippen molar-refractivity contribution in [3.8, 4) is 0 Å². The Balaban J connectivity index is 3.94. The molecule has 0 fully saturated rings. The van der Waals surface area contributed by atoms with Crippen molar-refractivity contribution in [1.82, 2.24) is 0 Å². The second-order valence-electron chi connectivity index (χ2n) is 2.07. The van der Waals surface area contributed by atoms with Gasteiger partial charge < -0.3 is 9.05 Å². The summed E-state index contributed by atoms with van der Waals surface area (Å²) in [5, 5.41) is 0. The first-order valence-corrected chi connectivity index (χ1v) is 4.66. The monoisotopic (exact) mass is 170 g/mol. The maximum absolute atomic E-state index is 11.9. The first kappa shape index (κ1) is 10.1. The molecule has 5 heteroatoms. The van der Waals surface area contributed by atoms with Gasteiger partial charge in [-0.1, -0.05) is 0 Å². The van der Waals surface area contributed by atoms with E-state index < -0.39 is 14.0 Å². The third kappa shape index (κ3) is 3.30. The van der Waals surface area contributed by atoms with Crippen molar-refractivity contribution < 1.29 is 18.0 Å². The molecule has 1 unspecified atom stereocenters. The molecule has 0 spiro atoms. The number of halogens is 1. The van der Waals surface area contributed by atoms with Crippen molar-refractivity contribution in [2.24, 2.45) is 0 Å². The summed E-state index contributed by atoms with van der Waals surface area (Å²) in [5.74, 6) is 0. The Kier molecular flexibility index (Phi) is 4.09. The zero-order chi connectivity index (χ0) is 8.20. The lowest BCUT2D eigenvalue weighted by Gasteiger charge is -2.14. The lowest BCUT2D eigenvalue weighted by molar-refractivity contribution is 0.179. The van der Waals surface area contributed by atoms with Crippen molar-refractivity contribution >= 4 is 7.60 Å². The molecule has 0 saturated heterocycles. The average Bonchev–Trinajstić information content (AvgIpc) is 1.87. The van der Waals surface area contributed by atoms with Crippen LogP contribution < -0.4 is 0 Å². The predicted molar refractivity (Wildman–Crippen MR) is 36.8 cm³/mol. The molecule has 0 aliphatic carbocycles. The summed E-state index contributed by atoms with van der Waals surface area (Å²) >= 11 is 0. The van der Waals surface area contributed by atoms with E-state index in [1.54, 1.807) is 13.8 Å². The van der Waals surface area contributed by atoms with Crippen molar-refractivity contribution in [1.29, 1.82) is 0 Å². The minimum absolute atomic E-state index is 0.276. The van der Waals surface area contributed by atoms with E-state index in [1.165, 1.54) is 7.11 Å². The van der Waals surface area contributed by atoms with Crippen LogP contribution in [0.2, 0.25) is 0 Å². The molecule has 0 aromatic carbocycles. The molecule has 0 amide bonds. The first-order chi connectivity index (χ1) is 4.54. The van der Waals surface area contributed by atoms with Crippen LogP contribution in [0.15, 0.2) is 0 Å². The molecule has 0 heterocycles. The third-order valence-corrected chi connectivity index (χ3v) is 2.39. The Morgan fingerprint density at radius 3 is 2.20 bits per heavy atom. The van der Waals surface area contributed by atoms with Crippen LogP contribution in [0.1, 0.15) is 13.8 Å². The molecule has 0 radical (unpaired) electrons. The molecule has 1 atom stereocenters. The summed E-state index contributed by atoms with van der Waals surface area (Å²) in [6.07, 6.45) is -1.34. The van der Waals surface area contributed by atoms with E-state index in [4.69, 9.17) is 4.52 Å². The zero-order valence-corrected chi connectivity index (χ0v) is 7.23. The molecule has 0 N–H and O–H groups in total. The van der Waals surface area contributed by atoms with Crippen molar-refractivity contribution in [3.05, 3.63) is 0 Å². The van der Waals surface area contributed by atoms with Gasteiger partial charge in [-0.3, -0.25) is 4.57 Å². The molecule has 0 bridgehead atoms. The van der Waals surface area contributed by atoms with Crippen LogP contribution in [0.3, 0.4) is 0 Å². The van der Waals surface area contributed by atoms with Crippen LogP contribution in [0.4, 0.5) is 4.39 Å². The molecular formula is C5H12FO3P. The lowest BCUT2D eigenvalue weighted by Crippen LogP contribution is -2.02. The van der Waals surface area contributed by atoms with Gasteiger partial charge >= 0.3 is 7.60 Å². The van der Waals surface area contributed by atoms with Gasteiger partial charge in [0.25, 0.3) is 0 Å². The zero-order valence-electron chi connectivity index (χ0n) is 6.33. The topological polar surface area (TPSA) is 35.5 Å². The minimum atomic E-state index is -3.40. The van der Waals surface area contributed by atoms with Crippen LogP contribution in [-0.2, 0) is 13.6 Å². The van der Waals surface area contributed by atoms with Crippen molar-refractivity contribution in [2.45, 2.75) is 20.0 Å². The normalized spacial score (nSPS) is 17.3. The van der Waals surface area contributed by atoms with Crippen LogP contribution in [0, 0.1) is 0 Å². The lowest BCUT2D eigenvalue weighted by atomic mass is 10.5. The van der Waals surface area contributed by atoms with Crippen LogP contribution in [-0.4, -0.2) is 19.6 Å². The Hall–Kier alpha value is 0.0800. The van der Waals surface area contributed by atoms with E-state index in [0.717, 1.165) is 0 Å². The molecular weight excluding hydrogens is 158 g/mol. The van der Waals surface area contributed by atoms with Crippen LogP contribution in [0.25, 0.3) is 0 Å². The number of rotatable bonds is 4. The maximum Gasteiger partial charge on any atom is 0.361 e. The average molecular weight is 170 g/mol. The largest absolute Gasteiger partial charge is 0.361 e. The van der Waals surface area contributed by atoms with Gasteiger partial charge in [0.05, 0.1) is 6.10 Å². The SMILES string of the molecule is COP(=O)(CF)OC(C)C. The van der Waals surface area contributed by atoms with Gasteiger partial charge in [-0.25, -0.2) is 4.39 Å². The van der Waals surface area contributed by atoms with E-state index in [1.807, 2.05) is 0 Å². The molecule has 0 rings (SSSR count). The number of hydrogen-bond donors (Lipinski definition) is 0. The Morgan fingerprint density at radius 2 is 2.10 bits per heavy atom. The fourth-order valence-electron chi connectivity index (χ4n) is 0.441. The van der Waals surface area contributed by atoms with Gasteiger partial charge in [0, 0.05) is 7.11 Å². The number of alkyl halides is 1. The molecule has 0 aromatic rings. The Bertz CT molecular complexity index is 129. The molecule has 0 aliphatic heterocycles. The highest BCUT2D eigenvalue weighted by atomic mass is 31.2. The van der Waals surface area contributed by atoms with Gasteiger partial charge in [-0.05, 0) is 13.8 Å². The summed E-state index contributed by atoms with van der Waals surface area (Å²) in [6.45, 7) is 3.34. The van der Waals surface area contributed by atoms with E-state index in [-0.39, 0.29) is 6.10 Å². The van der Waals surface area contributed by atoms with Gasteiger partial charge in [0.1, 0.15) is 0 Å². The highest BCUT2D eigenvalue weighted by molar-refractivity contribution is 7.53. The van der Waals surface area contributed by atoms with Gasteiger partial charge in [0.2, 0.25) is 0 Å². The van der Waals surface area contributed by atoms with Crippen LogP contribution in [0.5, 0.6) is 0 Å². The van der Waals surface area contributed by atoms with Gasteiger partial charge in [-0.15, -0.1) is 0 Å². The van der Waals surface area contributed by atoms with E-state index in [0.29, 0.717) is 0 Å². The summed E-state index contributed by atoms with van der Waals surface area (Å²) in [5.41, 5.74) is 0. The quantitative estimate of drug-likeness (QED) is 0.606. The number of hydrogen-bond acceptors (Lipinski definition) is 3. The van der Waals surface area contributed by atoms with E-state index >= 15 is 0 Å².